The summed E-state index contributed by atoms with van der Waals surface area (Å²) in [4.78, 5) is 0. The summed E-state index contributed by atoms with van der Waals surface area (Å²) in [7, 11) is -3.15. The smallest absolute Gasteiger partial charge is 0.213 e. The first kappa shape index (κ1) is 23.0. The third kappa shape index (κ3) is 7.59. The molecule has 0 spiro atoms. The van der Waals surface area contributed by atoms with Gasteiger partial charge in [0.1, 0.15) is 0 Å². The Bertz CT molecular complexity index is 924. The molecule has 2 rings (SSSR count). The van der Waals surface area contributed by atoms with Crippen LogP contribution in [-0.4, -0.2) is 26.8 Å². The van der Waals surface area contributed by atoms with E-state index in [2.05, 4.69) is 27.2 Å². The number of nitrogens with zero attached hydrogens (tertiary/aromatic N) is 2. The highest BCUT2D eigenvalue weighted by Crippen LogP contribution is 2.25. The summed E-state index contributed by atoms with van der Waals surface area (Å²) in [6, 6.07) is 13.9. The molecule has 2 N–H and O–H groups in total. The maximum atomic E-state index is 11.7. The standard InChI is InChI=1S/C22H32N4O2S/c1-17(2)29(27,28)24-15-9-5-8-14-23-21-13-12-20(16-19(21)4)25-26-22-11-7-6-10-18(22)3/h6-7,10-13,16-17,23-24H,5,8-9,14-15H2,1-4H3/b26-25+. The van der Waals surface area contributed by atoms with E-state index >= 15 is 0 Å². The monoisotopic (exact) mass is 416 g/mol. The molecule has 2 aromatic rings. The SMILES string of the molecule is Cc1ccccc1/N=N/c1ccc(NCCCCCNS(=O)(=O)C(C)C)c(C)c1. The molecular formula is C22H32N4O2S. The van der Waals surface area contributed by atoms with Crippen molar-refractivity contribution in [2.24, 2.45) is 10.2 Å². The minimum absolute atomic E-state index is 0.383. The van der Waals surface area contributed by atoms with E-state index in [-0.39, 0.29) is 5.25 Å². The lowest BCUT2D eigenvalue weighted by Gasteiger charge is -2.11. The van der Waals surface area contributed by atoms with Gasteiger partial charge in [-0.15, -0.1) is 0 Å². The largest absolute Gasteiger partial charge is 0.385 e. The molecule has 0 amide bonds. The lowest BCUT2D eigenvalue weighted by molar-refractivity contribution is 0.566. The zero-order valence-electron chi connectivity index (χ0n) is 17.8. The molecule has 0 saturated carbocycles. The minimum atomic E-state index is -3.15. The van der Waals surface area contributed by atoms with Crippen molar-refractivity contribution in [3.8, 4) is 0 Å². The number of sulfonamides is 1. The molecule has 0 fully saturated rings. The van der Waals surface area contributed by atoms with Crippen molar-refractivity contribution in [2.45, 2.75) is 52.2 Å². The number of rotatable bonds is 11. The first-order chi connectivity index (χ1) is 13.8. The summed E-state index contributed by atoms with van der Waals surface area (Å²) in [6.45, 7) is 8.79. The third-order valence-electron chi connectivity index (χ3n) is 4.69. The molecule has 0 unspecified atom stereocenters. The number of benzene rings is 2. The van der Waals surface area contributed by atoms with E-state index in [1.807, 2.05) is 49.4 Å². The molecule has 0 atom stereocenters. The van der Waals surface area contributed by atoms with Crippen LogP contribution in [0.25, 0.3) is 0 Å². The number of unbranched alkanes of at least 4 members (excludes halogenated alkanes) is 2. The topological polar surface area (TPSA) is 82.9 Å². The Kier molecular flexibility index (Phi) is 8.79. The van der Waals surface area contributed by atoms with Crippen LogP contribution in [0.5, 0.6) is 0 Å². The fraction of sp³-hybridized carbons (Fsp3) is 0.455. The molecule has 0 radical (unpaired) electrons. The summed E-state index contributed by atoms with van der Waals surface area (Å²) in [5.74, 6) is 0. The Morgan fingerprint density at radius 3 is 2.31 bits per heavy atom. The minimum Gasteiger partial charge on any atom is -0.385 e. The van der Waals surface area contributed by atoms with Gasteiger partial charge in [-0.3, -0.25) is 0 Å². The van der Waals surface area contributed by atoms with Crippen LogP contribution in [0.15, 0.2) is 52.7 Å². The van der Waals surface area contributed by atoms with Crippen molar-refractivity contribution in [1.82, 2.24) is 4.72 Å². The lowest BCUT2D eigenvalue weighted by Crippen LogP contribution is -2.31. The van der Waals surface area contributed by atoms with E-state index in [0.29, 0.717) is 6.54 Å². The molecule has 0 aromatic heterocycles. The van der Waals surface area contributed by atoms with Gasteiger partial charge in [0.2, 0.25) is 10.0 Å². The average Bonchev–Trinajstić information content (AvgIpc) is 2.67. The predicted molar refractivity (Wildman–Crippen MR) is 121 cm³/mol. The van der Waals surface area contributed by atoms with Gasteiger partial charge in [-0.2, -0.15) is 10.2 Å². The van der Waals surface area contributed by atoms with Crippen LogP contribution >= 0.6 is 0 Å². The molecule has 0 aliphatic rings. The number of hydrogen-bond acceptors (Lipinski definition) is 5. The molecule has 0 saturated heterocycles. The van der Waals surface area contributed by atoms with Gasteiger partial charge >= 0.3 is 0 Å². The van der Waals surface area contributed by atoms with Gasteiger partial charge in [0, 0.05) is 18.8 Å². The van der Waals surface area contributed by atoms with E-state index in [4.69, 9.17) is 0 Å². The van der Waals surface area contributed by atoms with Gasteiger partial charge in [0.15, 0.2) is 0 Å². The first-order valence-corrected chi connectivity index (χ1v) is 11.6. The van der Waals surface area contributed by atoms with Crippen molar-refractivity contribution in [3.63, 3.8) is 0 Å². The maximum absolute atomic E-state index is 11.7. The molecule has 6 nitrogen and oxygen atoms in total. The van der Waals surface area contributed by atoms with Crippen molar-refractivity contribution >= 4 is 27.1 Å². The molecule has 29 heavy (non-hydrogen) atoms. The van der Waals surface area contributed by atoms with Crippen LogP contribution in [0, 0.1) is 13.8 Å². The quantitative estimate of drug-likeness (QED) is 0.368. The van der Waals surface area contributed by atoms with Crippen molar-refractivity contribution in [2.75, 3.05) is 18.4 Å². The Morgan fingerprint density at radius 1 is 0.897 bits per heavy atom. The summed E-state index contributed by atoms with van der Waals surface area (Å²) < 4.78 is 26.0. The lowest BCUT2D eigenvalue weighted by atomic mass is 10.1. The third-order valence-corrected chi connectivity index (χ3v) is 6.54. The van der Waals surface area contributed by atoms with Crippen LogP contribution in [0.1, 0.15) is 44.2 Å². The number of nitrogens with one attached hydrogen (secondary N) is 2. The highest BCUT2D eigenvalue weighted by Gasteiger charge is 2.13. The second-order valence-corrected chi connectivity index (χ2v) is 9.78. The summed E-state index contributed by atoms with van der Waals surface area (Å²) in [6.07, 6.45) is 2.79. The van der Waals surface area contributed by atoms with Gasteiger partial charge in [-0.25, -0.2) is 13.1 Å². The Hall–Kier alpha value is -2.25. The van der Waals surface area contributed by atoms with Crippen LogP contribution in [0.4, 0.5) is 17.1 Å². The molecule has 0 heterocycles. The number of hydrogen-bond donors (Lipinski definition) is 2. The normalized spacial score (nSPS) is 12.0. The number of anilines is 1. The second-order valence-electron chi connectivity index (χ2n) is 7.46. The van der Waals surface area contributed by atoms with Crippen LogP contribution in [-0.2, 0) is 10.0 Å². The van der Waals surface area contributed by atoms with Gasteiger partial charge in [0.25, 0.3) is 0 Å². The van der Waals surface area contributed by atoms with Crippen LogP contribution in [0.3, 0.4) is 0 Å². The number of aryl methyl sites for hydroxylation is 2. The van der Waals surface area contributed by atoms with Crippen molar-refractivity contribution in [1.29, 1.82) is 0 Å². The van der Waals surface area contributed by atoms with E-state index in [9.17, 15) is 8.42 Å². The second kappa shape index (κ2) is 11.1. The predicted octanol–water partition coefficient (Wildman–Crippen LogP) is 5.63. The molecule has 7 heteroatoms. The zero-order chi connectivity index (χ0) is 21.3. The number of azo groups is 1. The average molecular weight is 417 g/mol. The molecule has 0 aliphatic heterocycles. The summed E-state index contributed by atoms with van der Waals surface area (Å²) in [5, 5.41) is 11.7. The summed E-state index contributed by atoms with van der Waals surface area (Å²) in [5.41, 5.74) is 5.01. The van der Waals surface area contributed by atoms with E-state index < -0.39 is 10.0 Å². The molecule has 0 aliphatic carbocycles. The first-order valence-electron chi connectivity index (χ1n) is 10.1. The van der Waals surface area contributed by atoms with Gasteiger partial charge in [-0.1, -0.05) is 24.6 Å². The summed E-state index contributed by atoms with van der Waals surface area (Å²) >= 11 is 0. The van der Waals surface area contributed by atoms with Crippen molar-refractivity contribution < 1.29 is 8.42 Å². The van der Waals surface area contributed by atoms with E-state index in [0.717, 1.165) is 54.0 Å². The van der Waals surface area contributed by atoms with Crippen LogP contribution < -0.4 is 10.0 Å². The molecule has 2 aromatic carbocycles. The maximum Gasteiger partial charge on any atom is 0.213 e. The van der Waals surface area contributed by atoms with E-state index in [1.54, 1.807) is 13.8 Å². The fourth-order valence-electron chi connectivity index (χ4n) is 2.73. The molecule has 0 bridgehead atoms. The van der Waals surface area contributed by atoms with E-state index in [1.165, 1.54) is 0 Å². The van der Waals surface area contributed by atoms with Gasteiger partial charge in [0.05, 0.1) is 16.6 Å². The van der Waals surface area contributed by atoms with Gasteiger partial charge < -0.3 is 5.32 Å². The van der Waals surface area contributed by atoms with Crippen LogP contribution in [0.2, 0.25) is 0 Å². The Balaban J connectivity index is 1.75. The molecule has 158 valence electrons. The Morgan fingerprint density at radius 2 is 1.62 bits per heavy atom. The Labute approximate surface area is 174 Å². The highest BCUT2D eigenvalue weighted by atomic mass is 32.2. The van der Waals surface area contributed by atoms with Crippen molar-refractivity contribution in [3.05, 3.63) is 53.6 Å². The fourth-order valence-corrected chi connectivity index (χ4v) is 3.49. The highest BCUT2D eigenvalue weighted by molar-refractivity contribution is 7.90. The van der Waals surface area contributed by atoms with Gasteiger partial charge in [-0.05, 0) is 75.9 Å². The molecular weight excluding hydrogens is 384 g/mol. The zero-order valence-corrected chi connectivity index (χ0v) is 18.6.